The Hall–Kier alpha value is -2.17. The molecule has 0 aromatic heterocycles. The second-order valence-corrected chi connectivity index (χ2v) is 12.8. The molecule has 1 aliphatic rings. The monoisotopic (exact) mass is 380 g/mol. The van der Waals surface area contributed by atoms with Crippen LogP contribution in [0.1, 0.15) is 34.6 Å². The molecular formula is C23H28O3Si. The van der Waals surface area contributed by atoms with Gasteiger partial charge in [0.25, 0.3) is 8.32 Å². The second-order valence-electron chi connectivity index (χ2n) is 8.59. The van der Waals surface area contributed by atoms with E-state index in [1.54, 1.807) is 0 Å². The number of carbonyl (C=O) groups excluding carboxylic acids is 1. The van der Waals surface area contributed by atoms with Crippen LogP contribution >= 0.6 is 0 Å². The van der Waals surface area contributed by atoms with Crippen LogP contribution in [0.15, 0.2) is 72.8 Å². The number of cyclic esters (lactones) is 1. The standard InChI is InChI=1S/C23H28O3Si/c1-22(2,3)27(18-12-8-6-9-13-18,19-14-10-7-11-15-19)26-20-16-17-21(24)25-23(20,4)5/h6-17,20H,1-5H3/t20-/m1/s1. The van der Waals surface area contributed by atoms with E-state index < -0.39 is 13.9 Å². The Kier molecular flexibility index (Phi) is 5.15. The fourth-order valence-electron chi connectivity index (χ4n) is 3.81. The third-order valence-corrected chi connectivity index (χ3v) is 10.2. The van der Waals surface area contributed by atoms with Crippen molar-refractivity contribution in [2.24, 2.45) is 0 Å². The van der Waals surface area contributed by atoms with Gasteiger partial charge < -0.3 is 9.16 Å². The fourth-order valence-corrected chi connectivity index (χ4v) is 8.57. The molecule has 0 saturated carbocycles. The van der Waals surface area contributed by atoms with Crippen molar-refractivity contribution in [3.63, 3.8) is 0 Å². The highest BCUT2D eigenvalue weighted by atomic mass is 28.4. The molecule has 2 aromatic rings. The predicted octanol–water partition coefficient (Wildman–Crippen LogP) is 3.82. The lowest BCUT2D eigenvalue weighted by atomic mass is 9.99. The predicted molar refractivity (Wildman–Crippen MR) is 112 cm³/mol. The lowest BCUT2D eigenvalue weighted by Gasteiger charge is -2.47. The third-order valence-electron chi connectivity index (χ3n) is 5.18. The normalized spacial score (nSPS) is 19.6. The highest BCUT2D eigenvalue weighted by molar-refractivity contribution is 6.99. The van der Waals surface area contributed by atoms with Crippen LogP contribution in [0.25, 0.3) is 0 Å². The van der Waals surface area contributed by atoms with Crippen molar-refractivity contribution in [1.82, 2.24) is 0 Å². The lowest BCUT2D eigenvalue weighted by Crippen LogP contribution is -2.69. The Morgan fingerprint density at radius 2 is 1.41 bits per heavy atom. The van der Waals surface area contributed by atoms with Crippen molar-refractivity contribution in [3.05, 3.63) is 72.8 Å². The summed E-state index contributed by atoms with van der Waals surface area (Å²) in [5.41, 5.74) is -0.723. The minimum absolute atomic E-state index is 0.124. The van der Waals surface area contributed by atoms with E-state index in [1.165, 1.54) is 16.4 Å². The van der Waals surface area contributed by atoms with Crippen LogP contribution in [0.4, 0.5) is 0 Å². The zero-order chi connectivity index (χ0) is 19.7. The number of hydrogen-bond acceptors (Lipinski definition) is 3. The molecule has 4 heteroatoms. The number of rotatable bonds is 4. The minimum Gasteiger partial charge on any atom is -0.453 e. The summed E-state index contributed by atoms with van der Waals surface area (Å²) in [6, 6.07) is 21.0. The molecule has 3 nitrogen and oxygen atoms in total. The summed E-state index contributed by atoms with van der Waals surface area (Å²) >= 11 is 0. The molecule has 142 valence electrons. The van der Waals surface area contributed by atoms with Gasteiger partial charge in [-0.2, -0.15) is 0 Å². The first kappa shape index (κ1) is 19.6. The van der Waals surface area contributed by atoms with Crippen molar-refractivity contribution in [2.45, 2.75) is 51.4 Å². The van der Waals surface area contributed by atoms with Crippen molar-refractivity contribution < 1.29 is 14.0 Å². The number of esters is 1. The summed E-state index contributed by atoms with van der Waals surface area (Å²) in [5.74, 6) is -0.317. The molecule has 0 fully saturated rings. The molecule has 0 bridgehead atoms. The maximum absolute atomic E-state index is 11.8. The molecular weight excluding hydrogens is 352 g/mol. The van der Waals surface area contributed by atoms with Crippen LogP contribution in [0.2, 0.25) is 5.04 Å². The molecule has 1 aliphatic heterocycles. The van der Waals surface area contributed by atoms with Gasteiger partial charge in [-0.25, -0.2) is 4.79 Å². The van der Waals surface area contributed by atoms with Crippen molar-refractivity contribution in [3.8, 4) is 0 Å². The van der Waals surface area contributed by atoms with Crippen molar-refractivity contribution in [2.75, 3.05) is 0 Å². The van der Waals surface area contributed by atoms with Crippen LogP contribution < -0.4 is 10.4 Å². The highest BCUT2D eigenvalue weighted by Gasteiger charge is 2.53. The number of hydrogen-bond donors (Lipinski definition) is 0. The van der Waals surface area contributed by atoms with Crippen LogP contribution in [-0.4, -0.2) is 26.0 Å². The average molecular weight is 381 g/mol. The van der Waals surface area contributed by atoms with Gasteiger partial charge in [0.1, 0.15) is 11.7 Å². The van der Waals surface area contributed by atoms with Gasteiger partial charge in [-0.05, 0) is 35.3 Å². The van der Waals surface area contributed by atoms with Gasteiger partial charge in [0.15, 0.2) is 0 Å². The molecule has 2 aromatic carbocycles. The van der Waals surface area contributed by atoms with E-state index in [0.29, 0.717) is 0 Å². The van der Waals surface area contributed by atoms with Crippen LogP contribution in [0.5, 0.6) is 0 Å². The molecule has 0 N–H and O–H groups in total. The second kappa shape index (κ2) is 7.10. The molecule has 27 heavy (non-hydrogen) atoms. The van der Waals surface area contributed by atoms with Crippen molar-refractivity contribution in [1.29, 1.82) is 0 Å². The zero-order valence-electron chi connectivity index (χ0n) is 16.7. The molecule has 0 amide bonds. The SMILES string of the molecule is CC1(C)OC(=O)C=C[C@H]1O[Si](c1ccccc1)(c1ccccc1)C(C)(C)C. The van der Waals surface area contributed by atoms with E-state index >= 15 is 0 Å². The van der Waals surface area contributed by atoms with E-state index in [2.05, 4.69) is 69.3 Å². The molecule has 0 saturated heterocycles. The van der Waals surface area contributed by atoms with E-state index in [-0.39, 0.29) is 17.1 Å². The van der Waals surface area contributed by atoms with Crippen LogP contribution in [0.3, 0.4) is 0 Å². The first-order valence-corrected chi connectivity index (χ1v) is 11.3. The average Bonchev–Trinajstić information content (AvgIpc) is 2.61. The Balaban J connectivity index is 2.21. The summed E-state index contributed by atoms with van der Waals surface area (Å²) in [6.07, 6.45) is 3.01. The smallest absolute Gasteiger partial charge is 0.331 e. The van der Waals surface area contributed by atoms with E-state index in [4.69, 9.17) is 9.16 Å². The summed E-state index contributed by atoms with van der Waals surface area (Å²) in [4.78, 5) is 11.8. The summed E-state index contributed by atoms with van der Waals surface area (Å²) in [5, 5.41) is 2.30. The first-order valence-electron chi connectivity index (χ1n) is 9.37. The van der Waals surface area contributed by atoms with Gasteiger partial charge in [0, 0.05) is 6.08 Å². The molecule has 1 atom stereocenters. The molecule has 1 heterocycles. The van der Waals surface area contributed by atoms with Gasteiger partial charge in [-0.3, -0.25) is 0 Å². The Bertz CT molecular complexity index is 780. The highest BCUT2D eigenvalue weighted by Crippen LogP contribution is 2.39. The molecule has 0 unspecified atom stereocenters. The zero-order valence-corrected chi connectivity index (χ0v) is 17.7. The lowest BCUT2D eigenvalue weighted by molar-refractivity contribution is -0.159. The minimum atomic E-state index is -2.69. The van der Waals surface area contributed by atoms with E-state index in [9.17, 15) is 4.79 Å². The first-order chi connectivity index (χ1) is 12.7. The number of ether oxygens (including phenoxy) is 1. The maximum Gasteiger partial charge on any atom is 0.331 e. The van der Waals surface area contributed by atoms with Crippen LogP contribution in [-0.2, 0) is 14.0 Å². The molecule has 0 radical (unpaired) electrons. The Morgan fingerprint density at radius 3 is 1.81 bits per heavy atom. The molecule has 0 spiro atoms. The Labute approximate surface area is 163 Å². The van der Waals surface area contributed by atoms with Gasteiger partial charge in [0.2, 0.25) is 0 Å². The Morgan fingerprint density at radius 1 is 0.926 bits per heavy atom. The largest absolute Gasteiger partial charge is 0.453 e. The fraction of sp³-hybridized carbons (Fsp3) is 0.348. The molecule has 3 rings (SSSR count). The number of benzene rings is 2. The topological polar surface area (TPSA) is 35.5 Å². The van der Waals surface area contributed by atoms with Gasteiger partial charge >= 0.3 is 5.97 Å². The van der Waals surface area contributed by atoms with E-state index in [1.807, 2.05) is 32.1 Å². The maximum atomic E-state index is 11.8. The van der Waals surface area contributed by atoms with E-state index in [0.717, 1.165) is 0 Å². The summed E-state index contributed by atoms with van der Waals surface area (Å²) < 4.78 is 12.6. The quantitative estimate of drug-likeness (QED) is 0.597. The number of carbonyl (C=O) groups is 1. The molecule has 0 aliphatic carbocycles. The summed E-state index contributed by atoms with van der Waals surface area (Å²) in [6.45, 7) is 10.5. The van der Waals surface area contributed by atoms with Gasteiger partial charge in [-0.1, -0.05) is 81.4 Å². The van der Waals surface area contributed by atoms with Crippen molar-refractivity contribution >= 4 is 24.7 Å². The summed E-state index contributed by atoms with van der Waals surface area (Å²) in [7, 11) is -2.69. The third kappa shape index (κ3) is 3.64. The van der Waals surface area contributed by atoms with Crippen LogP contribution in [0, 0.1) is 0 Å². The van der Waals surface area contributed by atoms with Gasteiger partial charge in [0.05, 0.1) is 0 Å². The van der Waals surface area contributed by atoms with Gasteiger partial charge in [-0.15, -0.1) is 0 Å².